The molecule has 0 saturated carbocycles. The third-order valence-corrected chi connectivity index (χ3v) is 2.00. The molecule has 0 heterocycles. The van der Waals surface area contributed by atoms with Gasteiger partial charge in [-0.2, -0.15) is 0 Å². The largest absolute Gasteiger partial charge is 0.0623 e. The first kappa shape index (κ1) is 5.72. The van der Waals surface area contributed by atoms with Crippen LogP contribution in [0, 0.1) is 0 Å². The van der Waals surface area contributed by atoms with Crippen LogP contribution in [0.2, 0.25) is 0 Å². The molecule has 0 unspecified atom stereocenters. The van der Waals surface area contributed by atoms with Crippen molar-refractivity contribution in [1.29, 1.82) is 0 Å². The normalized spacial score (nSPS) is 21.6. The van der Waals surface area contributed by atoms with Gasteiger partial charge in [0.05, 0.1) is 0 Å². The second kappa shape index (κ2) is 2.30. The van der Waals surface area contributed by atoms with Crippen LogP contribution in [0.5, 0.6) is 0 Å². The van der Waals surface area contributed by atoms with Crippen molar-refractivity contribution in [3.63, 3.8) is 0 Å². The summed E-state index contributed by atoms with van der Waals surface area (Å²) in [5.74, 6) is 0. The molecule has 0 bridgehead atoms. The van der Waals surface area contributed by atoms with Crippen LogP contribution in [0.4, 0.5) is 0 Å². The van der Waals surface area contributed by atoms with E-state index in [9.17, 15) is 0 Å². The third-order valence-electron chi connectivity index (χ3n) is 2.00. The zero-order chi connectivity index (χ0) is 6.81. The lowest BCUT2D eigenvalue weighted by Crippen LogP contribution is -1.99. The fourth-order valence-corrected chi connectivity index (χ4v) is 1.27. The molecular weight excluding hydrogens is 120 g/mol. The summed E-state index contributed by atoms with van der Waals surface area (Å²) in [7, 11) is 0. The first-order chi connectivity index (χ1) is 4.97. The average molecular weight is 130 g/mol. The molecule has 2 aliphatic rings. The smallest absolute Gasteiger partial charge is 0.0235 e. The molecule has 0 aliphatic heterocycles. The minimum absolute atomic E-state index is 1.27. The highest BCUT2D eigenvalue weighted by Crippen LogP contribution is 2.30. The first-order valence-corrected chi connectivity index (χ1v) is 3.70. The van der Waals surface area contributed by atoms with Gasteiger partial charge in [0.15, 0.2) is 0 Å². The molecule has 0 amide bonds. The van der Waals surface area contributed by atoms with Crippen LogP contribution in [0.1, 0.15) is 12.8 Å². The van der Waals surface area contributed by atoms with Gasteiger partial charge in [-0.3, -0.25) is 0 Å². The molecule has 0 nitrogen and oxygen atoms in total. The van der Waals surface area contributed by atoms with Crippen molar-refractivity contribution in [2.24, 2.45) is 0 Å². The van der Waals surface area contributed by atoms with Gasteiger partial charge < -0.3 is 0 Å². The Bertz CT molecular complexity index is 223. The Morgan fingerprint density at radius 2 is 1.20 bits per heavy atom. The Kier molecular flexibility index (Phi) is 1.31. The zero-order valence-electron chi connectivity index (χ0n) is 5.88. The molecule has 2 rings (SSSR count). The van der Waals surface area contributed by atoms with Gasteiger partial charge in [0.2, 0.25) is 0 Å². The monoisotopic (exact) mass is 130 g/mol. The van der Waals surface area contributed by atoms with E-state index in [0.29, 0.717) is 0 Å². The zero-order valence-corrected chi connectivity index (χ0v) is 5.88. The summed E-state index contributed by atoms with van der Waals surface area (Å²) in [6, 6.07) is 0. The van der Waals surface area contributed by atoms with Crippen LogP contribution >= 0.6 is 0 Å². The lowest BCUT2D eigenvalue weighted by Gasteiger charge is -2.18. The quantitative estimate of drug-likeness (QED) is 0.473. The van der Waals surface area contributed by atoms with Crippen molar-refractivity contribution in [2.45, 2.75) is 12.8 Å². The Hall–Kier alpha value is -1.04. The van der Waals surface area contributed by atoms with Crippen molar-refractivity contribution < 1.29 is 0 Å². The average Bonchev–Trinajstić information content (AvgIpc) is 1.89. The topological polar surface area (TPSA) is 0 Å². The first-order valence-electron chi connectivity index (χ1n) is 3.70. The van der Waals surface area contributed by atoms with Gasteiger partial charge in [-0.15, -0.1) is 0 Å². The van der Waals surface area contributed by atoms with Gasteiger partial charge >= 0.3 is 0 Å². The molecule has 50 valence electrons. The van der Waals surface area contributed by atoms with E-state index in [1.54, 1.807) is 0 Å². The summed E-state index contributed by atoms with van der Waals surface area (Å²) >= 11 is 0. The Labute approximate surface area is 61.3 Å². The maximum Gasteiger partial charge on any atom is -0.0235 e. The van der Waals surface area contributed by atoms with Crippen LogP contribution in [-0.2, 0) is 0 Å². The van der Waals surface area contributed by atoms with Crippen molar-refractivity contribution in [3.05, 3.63) is 47.6 Å². The Balaban J connectivity index is 2.34. The number of hydrogen-bond donors (Lipinski definition) is 0. The van der Waals surface area contributed by atoms with E-state index in [-0.39, 0.29) is 0 Å². The second-order valence-electron chi connectivity index (χ2n) is 2.65. The van der Waals surface area contributed by atoms with Crippen LogP contribution in [0.15, 0.2) is 47.6 Å². The van der Waals surface area contributed by atoms with Crippen molar-refractivity contribution in [1.82, 2.24) is 0 Å². The van der Waals surface area contributed by atoms with Gasteiger partial charge in [0.1, 0.15) is 0 Å². The molecule has 0 aromatic heterocycles. The Morgan fingerprint density at radius 3 is 1.60 bits per heavy atom. The molecule has 10 heavy (non-hydrogen) atoms. The van der Waals surface area contributed by atoms with E-state index in [0.717, 1.165) is 0 Å². The number of allylic oxidation sites excluding steroid dienone is 8. The SMILES string of the molecule is C1=CC=CC2=C(C=C1)CC2. The van der Waals surface area contributed by atoms with Crippen LogP contribution in [-0.4, -0.2) is 0 Å². The lowest BCUT2D eigenvalue weighted by molar-refractivity contribution is 0.855. The summed E-state index contributed by atoms with van der Waals surface area (Å²) in [5.41, 5.74) is 3.03. The van der Waals surface area contributed by atoms with Crippen LogP contribution in [0.3, 0.4) is 0 Å². The lowest BCUT2D eigenvalue weighted by atomic mass is 9.87. The van der Waals surface area contributed by atoms with Gasteiger partial charge in [-0.1, -0.05) is 36.5 Å². The minimum Gasteiger partial charge on any atom is -0.0623 e. The number of rotatable bonds is 0. The molecule has 0 fully saturated rings. The van der Waals surface area contributed by atoms with Gasteiger partial charge in [-0.25, -0.2) is 0 Å². The highest BCUT2D eigenvalue weighted by atomic mass is 14.2. The molecule has 0 heteroatoms. The van der Waals surface area contributed by atoms with Crippen LogP contribution in [0.25, 0.3) is 0 Å². The third kappa shape index (κ3) is 0.860. The second-order valence-corrected chi connectivity index (χ2v) is 2.65. The molecule has 0 spiro atoms. The number of hydrogen-bond acceptors (Lipinski definition) is 0. The molecule has 0 atom stereocenters. The highest BCUT2D eigenvalue weighted by Gasteiger charge is 2.11. The fraction of sp³-hybridized carbons (Fsp3) is 0.200. The molecule has 0 N–H and O–H groups in total. The summed E-state index contributed by atoms with van der Waals surface area (Å²) in [5, 5.41) is 0. The van der Waals surface area contributed by atoms with Gasteiger partial charge in [0, 0.05) is 0 Å². The van der Waals surface area contributed by atoms with E-state index in [1.165, 1.54) is 24.0 Å². The highest BCUT2D eigenvalue weighted by molar-refractivity contribution is 5.43. The predicted octanol–water partition coefficient (Wildman–Crippen LogP) is 2.76. The van der Waals surface area contributed by atoms with Crippen molar-refractivity contribution in [3.8, 4) is 0 Å². The summed E-state index contributed by atoms with van der Waals surface area (Å²) < 4.78 is 0. The molecule has 2 aliphatic carbocycles. The summed E-state index contributed by atoms with van der Waals surface area (Å²) in [6.07, 6.45) is 15.3. The van der Waals surface area contributed by atoms with E-state index < -0.39 is 0 Å². The van der Waals surface area contributed by atoms with E-state index in [2.05, 4.69) is 36.5 Å². The molecule has 0 saturated heterocycles. The minimum atomic E-state index is 1.27. The maximum atomic E-state index is 2.21. The molecule has 0 aromatic carbocycles. The van der Waals surface area contributed by atoms with Gasteiger partial charge in [-0.05, 0) is 24.0 Å². The van der Waals surface area contributed by atoms with Crippen molar-refractivity contribution >= 4 is 0 Å². The predicted molar refractivity (Wildman–Crippen MR) is 43.7 cm³/mol. The summed E-state index contributed by atoms with van der Waals surface area (Å²) in [6.45, 7) is 0. The van der Waals surface area contributed by atoms with Gasteiger partial charge in [0.25, 0.3) is 0 Å². The van der Waals surface area contributed by atoms with E-state index >= 15 is 0 Å². The molecular formula is C10H10. The van der Waals surface area contributed by atoms with E-state index in [1.807, 2.05) is 0 Å². The Morgan fingerprint density at radius 1 is 0.700 bits per heavy atom. The summed E-state index contributed by atoms with van der Waals surface area (Å²) in [4.78, 5) is 0. The van der Waals surface area contributed by atoms with Crippen LogP contribution < -0.4 is 0 Å². The molecule has 0 radical (unpaired) electrons. The van der Waals surface area contributed by atoms with Crippen molar-refractivity contribution in [2.75, 3.05) is 0 Å². The van der Waals surface area contributed by atoms with E-state index in [4.69, 9.17) is 0 Å². The standard InChI is InChI=1S/C10H10/c1-2-4-6-10-8-7-9(10)5-3-1/h1-6H,7-8H2. The fourth-order valence-electron chi connectivity index (χ4n) is 1.27. The molecule has 0 aromatic rings. The maximum absolute atomic E-state index is 2.21.